The Balaban J connectivity index is 1.73. The summed E-state index contributed by atoms with van der Waals surface area (Å²) in [5.41, 5.74) is 0.841. The van der Waals surface area contributed by atoms with Gasteiger partial charge in [-0.3, -0.25) is 14.0 Å². The van der Waals surface area contributed by atoms with Crippen molar-refractivity contribution in [1.29, 1.82) is 0 Å². The number of hydrogen-bond donors (Lipinski definition) is 1. The summed E-state index contributed by atoms with van der Waals surface area (Å²) in [7, 11) is 1.83. The van der Waals surface area contributed by atoms with E-state index in [4.69, 9.17) is 6.42 Å². The summed E-state index contributed by atoms with van der Waals surface area (Å²) in [5.74, 6) is 4.05. The molecule has 3 heterocycles. The van der Waals surface area contributed by atoms with Crippen molar-refractivity contribution in [1.82, 2.24) is 24.6 Å². The number of amides is 1. The molecule has 0 saturated heterocycles. The summed E-state index contributed by atoms with van der Waals surface area (Å²) in [4.78, 5) is 17.2. The minimum Gasteiger partial charge on any atom is -0.352 e. The van der Waals surface area contributed by atoms with Crippen LogP contribution in [0.5, 0.6) is 0 Å². The molecule has 8 heteroatoms. The van der Waals surface area contributed by atoms with Gasteiger partial charge in [-0.05, 0) is 6.92 Å². The zero-order valence-electron chi connectivity index (χ0n) is 15.4. The van der Waals surface area contributed by atoms with Crippen molar-refractivity contribution in [2.24, 2.45) is 17.3 Å². The molecule has 0 unspecified atom stereocenters. The van der Waals surface area contributed by atoms with E-state index in [9.17, 15) is 4.79 Å². The number of terminal acetylenes is 1. The molecular formula is C18H23N7O. The minimum absolute atomic E-state index is 0.158. The highest BCUT2D eigenvalue weighted by Gasteiger charge is 2.38. The second-order valence-electron chi connectivity index (χ2n) is 6.37. The molecule has 0 aliphatic carbocycles. The third kappa shape index (κ3) is 3.38. The number of imidazole rings is 1. The van der Waals surface area contributed by atoms with Gasteiger partial charge >= 0.3 is 0 Å². The Morgan fingerprint density at radius 1 is 1.38 bits per heavy atom. The average Bonchev–Trinajstić information content (AvgIpc) is 3.10. The summed E-state index contributed by atoms with van der Waals surface area (Å²) >= 11 is 0. The Kier molecular flexibility index (Phi) is 4.89. The van der Waals surface area contributed by atoms with Crippen LogP contribution >= 0.6 is 0 Å². The third-order valence-electron chi connectivity index (χ3n) is 4.54. The summed E-state index contributed by atoms with van der Waals surface area (Å²) < 4.78 is 3.62. The Labute approximate surface area is 152 Å². The van der Waals surface area contributed by atoms with Crippen molar-refractivity contribution in [3.05, 3.63) is 29.5 Å². The number of carbonyl (C=O) groups excluding carboxylic acids is 1. The van der Waals surface area contributed by atoms with Gasteiger partial charge in [-0.1, -0.05) is 6.92 Å². The van der Waals surface area contributed by atoms with E-state index in [0.717, 1.165) is 24.5 Å². The number of aromatic nitrogens is 4. The Morgan fingerprint density at radius 2 is 2.15 bits per heavy atom. The van der Waals surface area contributed by atoms with E-state index in [0.29, 0.717) is 30.6 Å². The maximum absolute atomic E-state index is 12.8. The molecule has 136 valence electrons. The monoisotopic (exact) mass is 353 g/mol. The Morgan fingerprint density at radius 3 is 2.81 bits per heavy atom. The number of aryl methyl sites for hydroxylation is 3. The number of nitrogens with zero attached hydrogens (tertiary/aromatic N) is 6. The molecule has 0 saturated carbocycles. The fourth-order valence-corrected chi connectivity index (χ4v) is 3.11. The van der Waals surface area contributed by atoms with Crippen LogP contribution in [0, 0.1) is 19.3 Å². The molecule has 0 fully saturated rings. The molecule has 26 heavy (non-hydrogen) atoms. The van der Waals surface area contributed by atoms with Crippen molar-refractivity contribution in [3.8, 4) is 18.2 Å². The number of nitrogens with one attached hydrogen (secondary N) is 1. The largest absolute Gasteiger partial charge is 0.352 e. The van der Waals surface area contributed by atoms with Crippen LogP contribution in [0.1, 0.15) is 48.1 Å². The van der Waals surface area contributed by atoms with Crippen LogP contribution in [0.15, 0.2) is 22.6 Å². The zero-order chi connectivity index (χ0) is 18.7. The van der Waals surface area contributed by atoms with Gasteiger partial charge in [0.15, 0.2) is 5.66 Å². The first-order valence-corrected chi connectivity index (χ1v) is 8.73. The first-order valence-electron chi connectivity index (χ1n) is 8.73. The maximum Gasteiger partial charge on any atom is 0.256 e. The van der Waals surface area contributed by atoms with Crippen LogP contribution in [0.25, 0.3) is 5.82 Å². The topological polar surface area (TPSA) is 89.5 Å². The third-order valence-corrected chi connectivity index (χ3v) is 4.54. The van der Waals surface area contributed by atoms with Crippen molar-refractivity contribution < 1.29 is 4.79 Å². The summed E-state index contributed by atoms with van der Waals surface area (Å²) in [6, 6.07) is 0. The quantitative estimate of drug-likeness (QED) is 0.738. The van der Waals surface area contributed by atoms with E-state index in [2.05, 4.69) is 31.5 Å². The van der Waals surface area contributed by atoms with E-state index < -0.39 is 5.66 Å². The fraction of sp³-hybridized carbons (Fsp3) is 0.500. The van der Waals surface area contributed by atoms with Gasteiger partial charge < -0.3 is 5.32 Å². The van der Waals surface area contributed by atoms with Crippen LogP contribution in [0.2, 0.25) is 0 Å². The van der Waals surface area contributed by atoms with Gasteiger partial charge in [0.1, 0.15) is 17.2 Å². The van der Waals surface area contributed by atoms with Gasteiger partial charge in [-0.2, -0.15) is 15.3 Å². The van der Waals surface area contributed by atoms with Gasteiger partial charge in [-0.15, -0.1) is 12.3 Å². The smallest absolute Gasteiger partial charge is 0.256 e. The molecule has 1 aliphatic rings. The molecule has 1 amide bonds. The van der Waals surface area contributed by atoms with Crippen molar-refractivity contribution in [2.45, 2.75) is 45.2 Å². The van der Waals surface area contributed by atoms with Crippen molar-refractivity contribution >= 4 is 5.91 Å². The normalized spacial score (nSPS) is 14.2. The minimum atomic E-state index is -0.397. The van der Waals surface area contributed by atoms with Crippen LogP contribution in [0.3, 0.4) is 0 Å². The molecule has 1 N–H and O–H groups in total. The second kappa shape index (κ2) is 7.12. The van der Waals surface area contributed by atoms with Crippen molar-refractivity contribution in [2.75, 3.05) is 6.54 Å². The van der Waals surface area contributed by atoms with Crippen LogP contribution in [-0.2, 0) is 13.5 Å². The zero-order valence-corrected chi connectivity index (χ0v) is 15.4. The number of hydrogen-bond acceptors (Lipinski definition) is 5. The molecule has 0 atom stereocenters. The molecule has 0 bridgehead atoms. The van der Waals surface area contributed by atoms with Gasteiger partial charge in [0.05, 0.1) is 5.69 Å². The molecule has 0 spiro atoms. The summed E-state index contributed by atoms with van der Waals surface area (Å²) in [6.07, 6.45) is 11.7. The lowest BCUT2D eigenvalue weighted by atomic mass is 10.0. The standard InChI is InChI=1S/C18H23N7O/c1-5-7-8-18(22-23-18)9-10-20-16(26)15-13(3)21-24(4)17(15)25-12-11-19-14(25)6-2/h1,11-12H,6-10H2,2-4H3,(H,20,26). The molecule has 0 aromatic carbocycles. The SMILES string of the molecule is C#CCCC1(CCNC(=O)c2c(C)nn(C)c2-n2ccnc2CC)N=N1. The Bertz CT molecular complexity index is 878. The van der Waals surface area contributed by atoms with E-state index in [1.807, 2.05) is 31.7 Å². The molecule has 8 nitrogen and oxygen atoms in total. The lowest BCUT2D eigenvalue weighted by Crippen LogP contribution is -2.29. The second-order valence-corrected chi connectivity index (χ2v) is 6.37. The maximum atomic E-state index is 12.8. The predicted molar refractivity (Wildman–Crippen MR) is 97.0 cm³/mol. The lowest BCUT2D eigenvalue weighted by Gasteiger charge is -2.12. The van der Waals surface area contributed by atoms with E-state index in [1.54, 1.807) is 10.9 Å². The average molecular weight is 353 g/mol. The predicted octanol–water partition coefficient (Wildman–Crippen LogP) is 2.17. The first-order chi connectivity index (χ1) is 12.5. The van der Waals surface area contributed by atoms with Gasteiger partial charge in [0.25, 0.3) is 5.91 Å². The molecule has 3 rings (SSSR count). The molecule has 1 aliphatic heterocycles. The fourth-order valence-electron chi connectivity index (χ4n) is 3.11. The van der Waals surface area contributed by atoms with Crippen LogP contribution in [0.4, 0.5) is 0 Å². The number of carbonyl (C=O) groups is 1. The number of rotatable bonds is 8. The van der Waals surface area contributed by atoms with E-state index >= 15 is 0 Å². The van der Waals surface area contributed by atoms with Crippen LogP contribution < -0.4 is 5.32 Å². The van der Waals surface area contributed by atoms with Gasteiger partial charge in [-0.25, -0.2) is 4.98 Å². The molecule has 2 aromatic heterocycles. The van der Waals surface area contributed by atoms with Gasteiger partial charge in [0.2, 0.25) is 0 Å². The Hall–Kier alpha value is -2.95. The molecule has 0 radical (unpaired) electrons. The van der Waals surface area contributed by atoms with E-state index in [-0.39, 0.29) is 5.91 Å². The molecule has 2 aromatic rings. The highest BCUT2D eigenvalue weighted by molar-refractivity contribution is 5.98. The summed E-state index contributed by atoms with van der Waals surface area (Å²) in [6.45, 7) is 4.34. The highest BCUT2D eigenvalue weighted by Crippen LogP contribution is 2.36. The lowest BCUT2D eigenvalue weighted by molar-refractivity contribution is 0.0951. The van der Waals surface area contributed by atoms with Gasteiger partial charge in [0, 0.05) is 51.7 Å². The first kappa shape index (κ1) is 17.9. The highest BCUT2D eigenvalue weighted by atomic mass is 16.1. The summed E-state index contributed by atoms with van der Waals surface area (Å²) in [5, 5.41) is 15.6. The van der Waals surface area contributed by atoms with E-state index in [1.165, 1.54) is 0 Å². The molecular weight excluding hydrogens is 330 g/mol. The van der Waals surface area contributed by atoms with Crippen molar-refractivity contribution in [3.63, 3.8) is 0 Å². The van der Waals surface area contributed by atoms with Crippen LogP contribution in [-0.4, -0.2) is 37.4 Å².